The average molecular weight is 421 g/mol. The van der Waals surface area contributed by atoms with Crippen LogP contribution in [0.25, 0.3) is 16.6 Å². The van der Waals surface area contributed by atoms with Gasteiger partial charge in [0.1, 0.15) is 12.0 Å². The highest BCUT2D eigenvalue weighted by Gasteiger charge is 2.22. The Kier molecular flexibility index (Phi) is 6.40. The van der Waals surface area contributed by atoms with Crippen LogP contribution in [0, 0.1) is 0 Å². The molecule has 0 bridgehead atoms. The molecule has 0 radical (unpaired) electrons. The van der Waals surface area contributed by atoms with Crippen LogP contribution in [0.15, 0.2) is 60.8 Å². The fraction of sp³-hybridized carbons (Fsp3) is 0.174. The summed E-state index contributed by atoms with van der Waals surface area (Å²) in [5.74, 6) is 0.319. The number of ether oxygens (including phenoxy) is 1. The predicted octanol–water partition coefficient (Wildman–Crippen LogP) is 3.77. The monoisotopic (exact) mass is 421 g/mol. The molecule has 160 valence electrons. The largest absolute Gasteiger partial charge is 0.497 e. The van der Waals surface area contributed by atoms with Gasteiger partial charge in [0.05, 0.1) is 18.3 Å². The first-order valence-corrected chi connectivity index (χ1v) is 9.60. The predicted molar refractivity (Wildman–Crippen MR) is 117 cm³/mol. The van der Waals surface area contributed by atoms with Gasteiger partial charge in [-0.25, -0.2) is 9.80 Å². The number of hydrogen-bond acceptors (Lipinski definition) is 5. The minimum atomic E-state index is -1.15. The second-order valence-electron chi connectivity index (χ2n) is 7.04. The first kappa shape index (κ1) is 21.6. The molecule has 0 unspecified atom stereocenters. The van der Waals surface area contributed by atoms with Crippen LogP contribution in [0.2, 0.25) is 0 Å². The van der Waals surface area contributed by atoms with Crippen molar-refractivity contribution in [1.82, 2.24) is 15.0 Å². The lowest BCUT2D eigenvalue weighted by molar-refractivity contribution is -0.104. The minimum Gasteiger partial charge on any atom is -0.497 e. The Morgan fingerprint density at radius 1 is 1.13 bits per heavy atom. The van der Waals surface area contributed by atoms with E-state index in [0.29, 0.717) is 39.8 Å². The second-order valence-corrected chi connectivity index (χ2v) is 7.04. The van der Waals surface area contributed by atoms with Crippen molar-refractivity contribution in [1.29, 1.82) is 0 Å². The SMILES string of the molecule is COc1ccc(C(=O)N(NC(=CC=O)c2cn(C(=O)O)c3ccccc23)C(C)C)cc1. The van der Waals surface area contributed by atoms with Gasteiger partial charge < -0.3 is 9.84 Å². The number of para-hydroxylation sites is 1. The molecule has 0 aliphatic carbocycles. The second kappa shape index (κ2) is 9.17. The maximum Gasteiger partial charge on any atom is 0.416 e. The summed E-state index contributed by atoms with van der Waals surface area (Å²) in [6.07, 6.45) is 2.13. The molecule has 0 spiro atoms. The summed E-state index contributed by atoms with van der Waals surface area (Å²) in [4.78, 5) is 36.2. The third-order valence-electron chi connectivity index (χ3n) is 4.76. The minimum absolute atomic E-state index is 0.266. The zero-order valence-corrected chi connectivity index (χ0v) is 17.4. The average Bonchev–Trinajstić information content (AvgIpc) is 3.16. The smallest absolute Gasteiger partial charge is 0.416 e. The maximum atomic E-state index is 13.1. The highest BCUT2D eigenvalue weighted by molar-refractivity contribution is 6.00. The van der Waals surface area contributed by atoms with E-state index in [1.165, 1.54) is 17.3 Å². The number of carbonyl (C=O) groups is 3. The summed E-state index contributed by atoms with van der Waals surface area (Å²) >= 11 is 0. The van der Waals surface area contributed by atoms with Crippen molar-refractivity contribution in [2.75, 3.05) is 7.11 Å². The number of carboxylic acid groups (broad SMARTS) is 1. The molecule has 1 heterocycles. The standard InChI is InChI=1S/C23H23N3O5/c1-15(2)26(22(28)16-8-10-17(31-3)11-9-16)24-20(12-13-27)19-14-25(23(29)30)21-7-5-4-6-18(19)21/h4-15,24H,1-3H3,(H,29,30). The molecule has 8 nitrogen and oxygen atoms in total. The number of benzene rings is 2. The number of rotatable bonds is 7. The normalized spacial score (nSPS) is 11.4. The summed E-state index contributed by atoms with van der Waals surface area (Å²) in [7, 11) is 1.54. The number of allylic oxidation sites excluding steroid dienone is 1. The van der Waals surface area contributed by atoms with Crippen LogP contribution in [-0.4, -0.2) is 46.1 Å². The molecular weight excluding hydrogens is 398 g/mol. The van der Waals surface area contributed by atoms with Crippen molar-refractivity contribution in [3.05, 3.63) is 71.9 Å². The zero-order valence-electron chi connectivity index (χ0n) is 17.4. The van der Waals surface area contributed by atoms with Crippen molar-refractivity contribution in [3.63, 3.8) is 0 Å². The molecule has 31 heavy (non-hydrogen) atoms. The topological polar surface area (TPSA) is 101 Å². The first-order valence-electron chi connectivity index (χ1n) is 9.60. The van der Waals surface area contributed by atoms with E-state index in [1.807, 2.05) is 13.8 Å². The summed E-state index contributed by atoms with van der Waals surface area (Å²) < 4.78 is 6.21. The Labute approximate surface area is 179 Å². The van der Waals surface area contributed by atoms with E-state index < -0.39 is 6.09 Å². The van der Waals surface area contributed by atoms with E-state index in [2.05, 4.69) is 5.43 Å². The van der Waals surface area contributed by atoms with Gasteiger partial charge in [-0.3, -0.25) is 19.6 Å². The molecule has 0 saturated carbocycles. The summed E-state index contributed by atoms with van der Waals surface area (Å²) in [5, 5.41) is 11.6. The number of amides is 1. The molecule has 2 aromatic carbocycles. The number of hydrazine groups is 1. The van der Waals surface area contributed by atoms with E-state index in [4.69, 9.17) is 4.74 Å². The van der Waals surface area contributed by atoms with Crippen molar-refractivity contribution < 1.29 is 24.2 Å². The molecular formula is C23H23N3O5. The van der Waals surface area contributed by atoms with Crippen LogP contribution in [0.4, 0.5) is 4.79 Å². The van der Waals surface area contributed by atoms with Crippen molar-refractivity contribution in [2.24, 2.45) is 0 Å². The van der Waals surface area contributed by atoms with Crippen LogP contribution < -0.4 is 10.2 Å². The number of carbonyl (C=O) groups excluding carboxylic acids is 2. The van der Waals surface area contributed by atoms with Crippen molar-refractivity contribution in [3.8, 4) is 5.75 Å². The number of nitrogens with zero attached hydrogens (tertiary/aromatic N) is 2. The van der Waals surface area contributed by atoms with E-state index in [1.54, 1.807) is 55.6 Å². The fourth-order valence-electron chi connectivity index (χ4n) is 3.22. The van der Waals surface area contributed by atoms with Gasteiger partial charge in [0.15, 0.2) is 0 Å². The molecule has 2 N–H and O–H groups in total. The Balaban J connectivity index is 2.02. The zero-order chi connectivity index (χ0) is 22.5. The quantitative estimate of drug-likeness (QED) is 0.342. The summed E-state index contributed by atoms with van der Waals surface area (Å²) in [6, 6.07) is 13.4. The Morgan fingerprint density at radius 3 is 2.39 bits per heavy atom. The Hall–Kier alpha value is -4.07. The van der Waals surface area contributed by atoms with Gasteiger partial charge in [-0.05, 0) is 44.2 Å². The van der Waals surface area contributed by atoms with Gasteiger partial charge in [0.2, 0.25) is 0 Å². The number of aldehydes is 1. The van der Waals surface area contributed by atoms with Gasteiger partial charge in [0.25, 0.3) is 5.91 Å². The maximum absolute atomic E-state index is 13.1. The number of methoxy groups -OCH3 is 1. The van der Waals surface area contributed by atoms with Gasteiger partial charge >= 0.3 is 6.09 Å². The van der Waals surface area contributed by atoms with Crippen molar-refractivity contribution >= 4 is 34.9 Å². The molecule has 1 amide bonds. The lowest BCUT2D eigenvalue weighted by Gasteiger charge is -2.29. The summed E-state index contributed by atoms with van der Waals surface area (Å²) in [5.41, 5.74) is 4.71. The van der Waals surface area contributed by atoms with E-state index in [9.17, 15) is 19.5 Å². The molecule has 1 aromatic heterocycles. The molecule has 0 aliphatic rings. The molecule has 0 atom stereocenters. The number of nitrogens with one attached hydrogen (secondary N) is 1. The highest BCUT2D eigenvalue weighted by atomic mass is 16.5. The molecule has 0 saturated heterocycles. The molecule has 3 aromatic rings. The van der Waals surface area contributed by atoms with Crippen molar-refractivity contribution in [2.45, 2.75) is 19.9 Å². The van der Waals surface area contributed by atoms with Crippen LogP contribution in [0.1, 0.15) is 29.8 Å². The van der Waals surface area contributed by atoms with Crippen LogP contribution in [0.5, 0.6) is 5.75 Å². The van der Waals surface area contributed by atoms with Gasteiger partial charge in [0, 0.05) is 34.8 Å². The van der Waals surface area contributed by atoms with E-state index in [0.717, 1.165) is 4.57 Å². The Bertz CT molecular complexity index is 1150. The van der Waals surface area contributed by atoms with Gasteiger partial charge in [-0.1, -0.05) is 18.2 Å². The Morgan fingerprint density at radius 2 is 1.81 bits per heavy atom. The van der Waals surface area contributed by atoms with Crippen LogP contribution in [0.3, 0.4) is 0 Å². The first-order chi connectivity index (χ1) is 14.9. The third kappa shape index (κ3) is 4.42. The van der Waals surface area contributed by atoms with Crippen LogP contribution >= 0.6 is 0 Å². The molecule has 8 heteroatoms. The number of aromatic nitrogens is 1. The number of hydrogen-bond donors (Lipinski definition) is 2. The summed E-state index contributed by atoms with van der Waals surface area (Å²) in [6.45, 7) is 3.65. The lowest BCUT2D eigenvalue weighted by Crippen LogP contribution is -2.46. The van der Waals surface area contributed by atoms with Gasteiger partial charge in [-0.15, -0.1) is 0 Å². The van der Waals surface area contributed by atoms with E-state index in [-0.39, 0.29) is 11.9 Å². The molecule has 3 rings (SSSR count). The van der Waals surface area contributed by atoms with Crippen LogP contribution in [-0.2, 0) is 4.79 Å². The van der Waals surface area contributed by atoms with Gasteiger partial charge in [-0.2, -0.15) is 0 Å². The van der Waals surface area contributed by atoms with E-state index >= 15 is 0 Å². The lowest BCUT2D eigenvalue weighted by atomic mass is 10.1. The highest BCUT2D eigenvalue weighted by Crippen LogP contribution is 2.27. The number of fused-ring (bicyclic) bond motifs is 1. The third-order valence-corrected chi connectivity index (χ3v) is 4.76. The fourth-order valence-corrected chi connectivity index (χ4v) is 3.22. The molecule has 0 fully saturated rings. The molecule has 0 aliphatic heterocycles.